The number of amides is 1. The molecule has 1 aliphatic rings. The first-order valence-corrected chi connectivity index (χ1v) is 8.08. The molecule has 0 radical (unpaired) electrons. The molecule has 4 heteroatoms. The fourth-order valence-electron chi connectivity index (χ4n) is 3.07. The van der Waals surface area contributed by atoms with Crippen LogP contribution in [0.25, 0.3) is 0 Å². The van der Waals surface area contributed by atoms with Crippen LogP contribution in [-0.2, 0) is 11.2 Å². The summed E-state index contributed by atoms with van der Waals surface area (Å²) in [4.78, 5) is 12.7. The second-order valence-corrected chi connectivity index (χ2v) is 6.81. The van der Waals surface area contributed by atoms with Gasteiger partial charge in [0.2, 0.25) is 5.91 Å². The van der Waals surface area contributed by atoms with Crippen LogP contribution >= 0.6 is 11.6 Å². The summed E-state index contributed by atoms with van der Waals surface area (Å²) in [5.41, 5.74) is 0.810. The van der Waals surface area contributed by atoms with Gasteiger partial charge in [-0.15, -0.1) is 0 Å². The maximum atomic E-state index is 12.7. The first kappa shape index (κ1) is 16.3. The molecule has 0 spiro atoms. The van der Waals surface area contributed by atoms with Crippen LogP contribution in [0.1, 0.15) is 32.8 Å². The molecule has 0 bridgehead atoms. The molecule has 1 aromatic carbocycles. The zero-order valence-corrected chi connectivity index (χ0v) is 13.8. The molecule has 21 heavy (non-hydrogen) atoms. The minimum absolute atomic E-state index is 0.0774. The Bertz CT molecular complexity index is 495. The van der Waals surface area contributed by atoms with Crippen molar-refractivity contribution in [3.8, 4) is 0 Å². The van der Waals surface area contributed by atoms with Crippen molar-refractivity contribution in [3.05, 3.63) is 34.9 Å². The lowest BCUT2D eigenvalue weighted by molar-refractivity contribution is -0.133. The molecule has 1 aromatic rings. The monoisotopic (exact) mass is 308 g/mol. The Kier molecular flexibility index (Phi) is 5.28. The number of hydrogen-bond donors (Lipinski definition) is 2. The summed E-state index contributed by atoms with van der Waals surface area (Å²) < 4.78 is 0. The van der Waals surface area contributed by atoms with E-state index < -0.39 is 0 Å². The van der Waals surface area contributed by atoms with Crippen LogP contribution in [0.4, 0.5) is 0 Å². The largest absolute Gasteiger partial charge is 0.353 e. The molecule has 1 fully saturated rings. The molecule has 1 saturated heterocycles. The van der Waals surface area contributed by atoms with Gasteiger partial charge in [0.15, 0.2) is 0 Å². The Hall–Kier alpha value is -1.06. The molecule has 3 nitrogen and oxygen atoms in total. The second kappa shape index (κ2) is 6.80. The van der Waals surface area contributed by atoms with Gasteiger partial charge in [0.05, 0.1) is 5.41 Å². The van der Waals surface area contributed by atoms with Gasteiger partial charge in [-0.1, -0.05) is 43.6 Å². The van der Waals surface area contributed by atoms with Gasteiger partial charge in [0.1, 0.15) is 0 Å². The van der Waals surface area contributed by atoms with Crippen molar-refractivity contribution in [1.29, 1.82) is 0 Å². The van der Waals surface area contributed by atoms with Crippen molar-refractivity contribution in [2.45, 2.75) is 39.7 Å². The summed E-state index contributed by atoms with van der Waals surface area (Å²) in [7, 11) is 0. The van der Waals surface area contributed by atoms with E-state index in [1.807, 2.05) is 31.2 Å². The number of rotatable bonds is 5. The van der Waals surface area contributed by atoms with Crippen molar-refractivity contribution in [2.24, 2.45) is 11.3 Å². The Labute approximate surface area is 132 Å². The van der Waals surface area contributed by atoms with Gasteiger partial charge in [0, 0.05) is 17.6 Å². The highest BCUT2D eigenvalue weighted by Crippen LogP contribution is 2.34. The number of carbonyl (C=O) groups is 1. The minimum atomic E-state index is -0.269. The number of nitrogens with one attached hydrogen (secondary N) is 2. The van der Waals surface area contributed by atoms with E-state index in [0.717, 1.165) is 36.5 Å². The highest BCUT2D eigenvalue weighted by Gasteiger charge is 2.44. The third-order valence-electron chi connectivity index (χ3n) is 4.61. The van der Waals surface area contributed by atoms with Crippen LogP contribution in [0, 0.1) is 11.3 Å². The number of carbonyl (C=O) groups excluding carboxylic acids is 1. The van der Waals surface area contributed by atoms with E-state index in [0.29, 0.717) is 5.92 Å². The van der Waals surface area contributed by atoms with E-state index in [1.54, 1.807) is 0 Å². The average Bonchev–Trinajstić information content (AvgIpc) is 2.92. The molecule has 2 rings (SSSR count). The number of hydrogen-bond acceptors (Lipinski definition) is 2. The lowest BCUT2D eigenvalue weighted by Gasteiger charge is -2.32. The summed E-state index contributed by atoms with van der Waals surface area (Å²) >= 11 is 6.19. The number of benzene rings is 1. The molecular formula is C17H25ClN2O. The van der Waals surface area contributed by atoms with Gasteiger partial charge in [-0.25, -0.2) is 0 Å². The zero-order chi connectivity index (χ0) is 15.5. The first-order chi connectivity index (χ1) is 9.95. The molecule has 2 unspecified atom stereocenters. The summed E-state index contributed by atoms with van der Waals surface area (Å²) in [6, 6.07) is 7.88. The van der Waals surface area contributed by atoms with E-state index in [4.69, 9.17) is 11.6 Å². The zero-order valence-electron chi connectivity index (χ0n) is 13.1. The third kappa shape index (κ3) is 3.58. The first-order valence-electron chi connectivity index (χ1n) is 7.71. The van der Waals surface area contributed by atoms with Gasteiger partial charge in [-0.2, -0.15) is 0 Å². The van der Waals surface area contributed by atoms with Crippen LogP contribution in [0.3, 0.4) is 0 Å². The maximum Gasteiger partial charge on any atom is 0.228 e. The van der Waals surface area contributed by atoms with E-state index >= 15 is 0 Å². The van der Waals surface area contributed by atoms with Gasteiger partial charge in [-0.3, -0.25) is 4.79 Å². The molecular weight excluding hydrogens is 284 g/mol. The molecule has 1 heterocycles. The summed E-state index contributed by atoms with van der Waals surface area (Å²) in [6.45, 7) is 7.99. The molecule has 0 aliphatic carbocycles. The second-order valence-electron chi connectivity index (χ2n) is 6.41. The molecule has 116 valence electrons. The lowest BCUT2D eigenvalue weighted by atomic mass is 9.75. The van der Waals surface area contributed by atoms with Crippen molar-refractivity contribution < 1.29 is 4.79 Å². The van der Waals surface area contributed by atoms with Crippen LogP contribution < -0.4 is 10.6 Å². The molecule has 0 aromatic heterocycles. The molecule has 0 saturated carbocycles. The topological polar surface area (TPSA) is 41.1 Å². The SMILES string of the molecule is CC(Cc1ccccc1Cl)NC(=O)C1(C(C)C)CCNC1. The predicted octanol–water partition coefficient (Wildman–Crippen LogP) is 3.02. The normalized spacial score (nSPS) is 23.3. The quantitative estimate of drug-likeness (QED) is 0.878. The van der Waals surface area contributed by atoms with E-state index in [9.17, 15) is 4.79 Å². The summed E-state index contributed by atoms with van der Waals surface area (Å²) in [6.07, 6.45) is 1.67. The molecule has 1 aliphatic heterocycles. The van der Waals surface area contributed by atoms with Gasteiger partial charge < -0.3 is 10.6 Å². The Balaban J connectivity index is 2.00. The van der Waals surface area contributed by atoms with E-state index in [-0.39, 0.29) is 17.4 Å². The van der Waals surface area contributed by atoms with E-state index in [2.05, 4.69) is 24.5 Å². The van der Waals surface area contributed by atoms with Crippen LogP contribution in [-0.4, -0.2) is 25.0 Å². The van der Waals surface area contributed by atoms with Crippen LogP contribution in [0.5, 0.6) is 0 Å². The fraction of sp³-hybridized carbons (Fsp3) is 0.588. The van der Waals surface area contributed by atoms with Gasteiger partial charge in [0.25, 0.3) is 0 Å². The molecule has 2 atom stereocenters. The highest BCUT2D eigenvalue weighted by atomic mass is 35.5. The Morgan fingerprint density at radius 3 is 2.67 bits per heavy atom. The average molecular weight is 309 g/mol. The third-order valence-corrected chi connectivity index (χ3v) is 4.98. The molecule has 2 N–H and O–H groups in total. The minimum Gasteiger partial charge on any atom is -0.353 e. The predicted molar refractivity (Wildman–Crippen MR) is 87.5 cm³/mol. The van der Waals surface area contributed by atoms with Crippen LogP contribution in [0.2, 0.25) is 5.02 Å². The van der Waals surface area contributed by atoms with Crippen molar-refractivity contribution in [3.63, 3.8) is 0 Å². The van der Waals surface area contributed by atoms with Crippen molar-refractivity contribution in [2.75, 3.05) is 13.1 Å². The smallest absolute Gasteiger partial charge is 0.228 e. The summed E-state index contributed by atoms with van der Waals surface area (Å²) in [5, 5.41) is 7.27. The Morgan fingerprint density at radius 1 is 1.38 bits per heavy atom. The van der Waals surface area contributed by atoms with Crippen molar-refractivity contribution >= 4 is 17.5 Å². The van der Waals surface area contributed by atoms with Gasteiger partial charge >= 0.3 is 0 Å². The van der Waals surface area contributed by atoms with Crippen LogP contribution in [0.15, 0.2) is 24.3 Å². The fourth-order valence-corrected chi connectivity index (χ4v) is 3.29. The van der Waals surface area contributed by atoms with Crippen molar-refractivity contribution in [1.82, 2.24) is 10.6 Å². The van der Waals surface area contributed by atoms with Gasteiger partial charge in [-0.05, 0) is 43.9 Å². The van der Waals surface area contributed by atoms with E-state index in [1.165, 1.54) is 0 Å². The Morgan fingerprint density at radius 2 is 2.10 bits per heavy atom. The standard InChI is InChI=1S/C17H25ClN2O/c1-12(2)17(8-9-19-11-17)16(21)20-13(3)10-14-6-4-5-7-15(14)18/h4-7,12-13,19H,8-11H2,1-3H3,(H,20,21). The summed E-state index contributed by atoms with van der Waals surface area (Å²) in [5.74, 6) is 0.502. The number of halogens is 1. The maximum absolute atomic E-state index is 12.7. The highest BCUT2D eigenvalue weighted by molar-refractivity contribution is 6.31. The molecule has 1 amide bonds. The lowest BCUT2D eigenvalue weighted by Crippen LogP contribution is -2.49.